The Morgan fingerprint density at radius 2 is 2.15 bits per heavy atom. The number of thiophene rings is 1. The molecule has 3 rings (SSSR count). The van der Waals surface area contributed by atoms with Crippen LogP contribution in [0.25, 0.3) is 10.4 Å². The zero-order valence-corrected chi connectivity index (χ0v) is 17.3. The molecule has 5 nitrogen and oxygen atoms in total. The molecule has 2 aromatic rings. The first-order valence-corrected chi connectivity index (χ1v) is 10.1. The van der Waals surface area contributed by atoms with Crippen molar-refractivity contribution in [1.29, 1.82) is 0 Å². The fourth-order valence-electron chi connectivity index (χ4n) is 3.62. The van der Waals surface area contributed by atoms with Crippen molar-refractivity contribution >= 4 is 17.3 Å². The maximum absolute atomic E-state index is 12.1. The van der Waals surface area contributed by atoms with Gasteiger partial charge in [0.15, 0.2) is 0 Å². The number of ether oxygens (including phenoxy) is 1. The number of nitrogens with two attached hydrogens (primary N) is 1. The van der Waals surface area contributed by atoms with E-state index in [4.69, 9.17) is 10.6 Å². The van der Waals surface area contributed by atoms with Crippen LogP contribution in [0.2, 0.25) is 0 Å². The van der Waals surface area contributed by atoms with E-state index in [0.717, 1.165) is 46.6 Å². The van der Waals surface area contributed by atoms with Gasteiger partial charge in [-0.2, -0.15) is 0 Å². The molecular weight excluding hydrogens is 360 g/mol. The first-order chi connectivity index (χ1) is 12.7. The van der Waals surface area contributed by atoms with Gasteiger partial charge in [0.2, 0.25) is 0 Å². The average Bonchev–Trinajstić information content (AvgIpc) is 2.91. The highest BCUT2D eigenvalue weighted by Crippen LogP contribution is 2.46. The van der Waals surface area contributed by atoms with Crippen LogP contribution in [-0.4, -0.2) is 36.3 Å². The molecule has 1 heterocycles. The molecule has 0 radical (unpaired) electrons. The number of aromatic carboxylic acids is 1. The number of likely N-dealkylation sites (N-methyl/N-ethyl adjacent to an activating group) is 1. The van der Waals surface area contributed by atoms with Crippen LogP contribution in [0.15, 0.2) is 18.2 Å². The summed E-state index contributed by atoms with van der Waals surface area (Å²) in [6, 6.07) is 5.86. The van der Waals surface area contributed by atoms with Crippen molar-refractivity contribution in [3.8, 4) is 16.2 Å². The third kappa shape index (κ3) is 4.34. The Labute approximate surface area is 164 Å². The summed E-state index contributed by atoms with van der Waals surface area (Å²) >= 11 is 1.64. The second kappa shape index (κ2) is 7.62. The number of fused-ring (bicyclic) bond motifs is 1. The first-order valence-electron chi connectivity index (χ1n) is 9.25. The van der Waals surface area contributed by atoms with Crippen molar-refractivity contribution in [3.63, 3.8) is 0 Å². The van der Waals surface area contributed by atoms with E-state index in [1.807, 2.05) is 25.1 Å². The average molecular weight is 389 g/mol. The minimum absolute atomic E-state index is 0.151. The number of aryl methyl sites for hydroxylation is 2. The van der Waals surface area contributed by atoms with E-state index in [0.29, 0.717) is 18.7 Å². The summed E-state index contributed by atoms with van der Waals surface area (Å²) in [5.41, 5.74) is 3.67. The predicted molar refractivity (Wildman–Crippen MR) is 110 cm³/mol. The third-order valence-corrected chi connectivity index (χ3v) is 6.47. The molecule has 1 aromatic heterocycles. The highest BCUT2D eigenvalue weighted by molar-refractivity contribution is 7.16. The highest BCUT2D eigenvalue weighted by Gasteiger charge is 2.33. The summed E-state index contributed by atoms with van der Waals surface area (Å²) in [5.74, 6) is 5.55. The topological polar surface area (TPSA) is 75.8 Å². The molecule has 0 saturated carbocycles. The molecular formula is C21H28N2O3S. The standard InChI is InChI=1S/C21H28N2O3S/c1-13-11-14(26-10-9-23(4)22)5-6-15(13)19-18(20(24)25)16-12-21(2,3)8-7-17(16)27-19/h5-6,11H,7-10,12,22H2,1-4H3,(H,24,25). The van der Waals surface area contributed by atoms with Gasteiger partial charge >= 0.3 is 5.97 Å². The van der Waals surface area contributed by atoms with Crippen molar-refractivity contribution in [2.75, 3.05) is 20.2 Å². The van der Waals surface area contributed by atoms with Gasteiger partial charge in [-0.1, -0.05) is 13.8 Å². The Kier molecular flexibility index (Phi) is 5.60. The summed E-state index contributed by atoms with van der Waals surface area (Å²) in [7, 11) is 1.80. The summed E-state index contributed by atoms with van der Waals surface area (Å²) in [6.45, 7) is 7.58. The third-order valence-electron chi connectivity index (χ3n) is 5.14. The van der Waals surface area contributed by atoms with Crippen LogP contribution < -0.4 is 10.6 Å². The van der Waals surface area contributed by atoms with Crippen LogP contribution in [-0.2, 0) is 12.8 Å². The number of hydrazine groups is 1. The van der Waals surface area contributed by atoms with E-state index >= 15 is 0 Å². The van der Waals surface area contributed by atoms with Gasteiger partial charge in [-0.25, -0.2) is 9.80 Å². The molecule has 1 aliphatic carbocycles. The van der Waals surface area contributed by atoms with Gasteiger partial charge in [-0.3, -0.25) is 5.84 Å². The lowest BCUT2D eigenvalue weighted by Crippen LogP contribution is -2.30. The summed E-state index contributed by atoms with van der Waals surface area (Å²) < 4.78 is 5.74. The molecule has 0 saturated heterocycles. The quantitative estimate of drug-likeness (QED) is 0.575. The van der Waals surface area contributed by atoms with E-state index in [-0.39, 0.29) is 5.41 Å². The predicted octanol–water partition coefficient (Wildman–Crippen LogP) is 4.12. The number of rotatable bonds is 6. The second-order valence-electron chi connectivity index (χ2n) is 8.16. The normalized spacial score (nSPS) is 15.6. The maximum atomic E-state index is 12.1. The molecule has 0 atom stereocenters. The zero-order chi connectivity index (χ0) is 19.8. The van der Waals surface area contributed by atoms with Gasteiger partial charge in [-0.15, -0.1) is 11.3 Å². The Hall–Kier alpha value is -1.89. The fraction of sp³-hybridized carbons (Fsp3) is 0.476. The van der Waals surface area contributed by atoms with E-state index in [1.54, 1.807) is 23.4 Å². The molecule has 6 heteroatoms. The lowest BCUT2D eigenvalue weighted by Gasteiger charge is -2.29. The number of benzene rings is 1. The van der Waals surface area contributed by atoms with E-state index < -0.39 is 5.97 Å². The number of carboxylic acids is 1. The monoisotopic (exact) mass is 388 g/mol. The van der Waals surface area contributed by atoms with Gasteiger partial charge in [0.1, 0.15) is 12.4 Å². The molecule has 0 unspecified atom stereocenters. The van der Waals surface area contributed by atoms with Gasteiger partial charge < -0.3 is 9.84 Å². The largest absolute Gasteiger partial charge is 0.492 e. The number of hydrogen-bond donors (Lipinski definition) is 2. The molecule has 0 amide bonds. The van der Waals surface area contributed by atoms with Gasteiger partial charge in [0, 0.05) is 23.3 Å². The first kappa shape index (κ1) is 19.9. The van der Waals surface area contributed by atoms with Crippen molar-refractivity contribution in [1.82, 2.24) is 5.01 Å². The Balaban J connectivity index is 1.95. The van der Waals surface area contributed by atoms with Crippen molar-refractivity contribution in [2.45, 2.75) is 40.0 Å². The van der Waals surface area contributed by atoms with Crippen LogP contribution in [0.3, 0.4) is 0 Å². The Morgan fingerprint density at radius 3 is 2.78 bits per heavy atom. The van der Waals surface area contributed by atoms with Crippen LogP contribution in [0.5, 0.6) is 5.75 Å². The van der Waals surface area contributed by atoms with Gasteiger partial charge in [0.05, 0.1) is 5.56 Å². The lowest BCUT2D eigenvalue weighted by molar-refractivity contribution is 0.0696. The fourth-order valence-corrected chi connectivity index (χ4v) is 5.02. The highest BCUT2D eigenvalue weighted by atomic mass is 32.1. The van der Waals surface area contributed by atoms with Crippen LogP contribution >= 0.6 is 11.3 Å². The van der Waals surface area contributed by atoms with Crippen molar-refractivity contribution < 1.29 is 14.6 Å². The lowest BCUT2D eigenvalue weighted by atomic mass is 9.76. The van der Waals surface area contributed by atoms with Crippen LogP contribution in [0, 0.1) is 12.3 Å². The minimum atomic E-state index is -0.828. The van der Waals surface area contributed by atoms with Crippen molar-refractivity contribution in [3.05, 3.63) is 39.8 Å². The molecule has 146 valence electrons. The molecule has 3 N–H and O–H groups in total. The molecule has 0 bridgehead atoms. The summed E-state index contributed by atoms with van der Waals surface area (Å²) in [6.07, 6.45) is 2.88. The number of nitrogens with zero attached hydrogens (tertiary/aromatic N) is 1. The molecule has 1 aliphatic rings. The SMILES string of the molecule is Cc1cc(OCCN(C)N)ccc1-c1sc2c(c1C(=O)O)CC(C)(C)CC2. The van der Waals surface area contributed by atoms with E-state index in [9.17, 15) is 9.90 Å². The Bertz CT molecular complexity index is 855. The van der Waals surface area contributed by atoms with Crippen LogP contribution in [0.1, 0.15) is 46.6 Å². The molecule has 1 aromatic carbocycles. The maximum Gasteiger partial charge on any atom is 0.337 e. The van der Waals surface area contributed by atoms with E-state index in [2.05, 4.69) is 13.8 Å². The summed E-state index contributed by atoms with van der Waals surface area (Å²) in [5, 5.41) is 11.5. The number of carbonyl (C=O) groups is 1. The van der Waals surface area contributed by atoms with Gasteiger partial charge in [-0.05, 0) is 66.5 Å². The van der Waals surface area contributed by atoms with E-state index in [1.165, 1.54) is 4.88 Å². The smallest absolute Gasteiger partial charge is 0.337 e. The minimum Gasteiger partial charge on any atom is -0.492 e. The van der Waals surface area contributed by atoms with Crippen LogP contribution in [0.4, 0.5) is 0 Å². The van der Waals surface area contributed by atoms with Gasteiger partial charge in [0.25, 0.3) is 0 Å². The molecule has 0 spiro atoms. The molecule has 27 heavy (non-hydrogen) atoms. The zero-order valence-electron chi connectivity index (χ0n) is 16.5. The second-order valence-corrected chi connectivity index (χ2v) is 9.27. The molecule has 0 aliphatic heterocycles. The Morgan fingerprint density at radius 1 is 1.41 bits per heavy atom. The summed E-state index contributed by atoms with van der Waals surface area (Å²) in [4.78, 5) is 14.2. The number of hydrogen-bond acceptors (Lipinski definition) is 5. The van der Waals surface area contributed by atoms with Crippen molar-refractivity contribution in [2.24, 2.45) is 11.3 Å². The molecule has 0 fully saturated rings. The number of carboxylic acid groups (broad SMARTS) is 1.